The van der Waals surface area contributed by atoms with Gasteiger partial charge in [0.15, 0.2) is 11.5 Å². The summed E-state index contributed by atoms with van der Waals surface area (Å²) in [4.78, 5) is 12.0. The smallest absolute Gasteiger partial charge is 0.251 e. The van der Waals surface area contributed by atoms with Crippen LogP contribution in [0.25, 0.3) is 0 Å². The lowest BCUT2D eigenvalue weighted by Gasteiger charge is -2.16. The summed E-state index contributed by atoms with van der Waals surface area (Å²) in [5, 5.41) is 11.6. The molecule has 1 amide bonds. The molecular weight excluding hydrogens is 258 g/mol. The number of methoxy groups -OCH3 is 1. The minimum atomic E-state index is -0.194. The summed E-state index contributed by atoms with van der Waals surface area (Å²) in [5.74, 6) is 0.948. The Hall–Kier alpha value is -1.75. The van der Waals surface area contributed by atoms with E-state index >= 15 is 0 Å². The van der Waals surface area contributed by atoms with Gasteiger partial charge in [-0.15, -0.1) is 0 Å². The van der Waals surface area contributed by atoms with Crippen molar-refractivity contribution >= 4 is 5.91 Å². The van der Waals surface area contributed by atoms with Crippen molar-refractivity contribution in [2.75, 3.05) is 13.7 Å². The molecule has 1 atom stereocenters. The molecule has 0 aliphatic carbocycles. The molecule has 0 saturated carbocycles. The molecule has 5 heteroatoms. The largest absolute Gasteiger partial charge is 0.493 e. The van der Waals surface area contributed by atoms with Gasteiger partial charge in [-0.2, -0.15) is 0 Å². The Kier molecular flexibility index (Phi) is 6.31. The summed E-state index contributed by atoms with van der Waals surface area (Å²) in [6.07, 6.45) is 0.561. The molecule has 0 aromatic heterocycles. The van der Waals surface area contributed by atoms with Crippen LogP contribution in [0.3, 0.4) is 0 Å². The lowest BCUT2D eigenvalue weighted by molar-refractivity contribution is 0.0934. The van der Waals surface area contributed by atoms with Gasteiger partial charge in [0, 0.05) is 18.2 Å². The summed E-state index contributed by atoms with van der Waals surface area (Å²) in [6, 6.07) is 5.00. The van der Waals surface area contributed by atoms with Crippen LogP contribution < -0.4 is 14.8 Å². The Balaban J connectivity index is 2.83. The molecule has 0 heterocycles. The molecule has 0 aliphatic rings. The Bertz CT molecular complexity index is 445. The van der Waals surface area contributed by atoms with Crippen LogP contribution in [-0.4, -0.2) is 36.9 Å². The van der Waals surface area contributed by atoms with E-state index in [0.29, 0.717) is 23.5 Å². The molecule has 0 radical (unpaired) electrons. The highest BCUT2D eigenvalue weighted by molar-refractivity contribution is 5.95. The van der Waals surface area contributed by atoms with E-state index < -0.39 is 0 Å². The Morgan fingerprint density at radius 2 is 2.00 bits per heavy atom. The molecule has 0 bridgehead atoms. The van der Waals surface area contributed by atoms with Gasteiger partial charge in [-0.05, 0) is 45.4 Å². The zero-order chi connectivity index (χ0) is 15.1. The van der Waals surface area contributed by atoms with E-state index in [1.807, 2.05) is 20.8 Å². The summed E-state index contributed by atoms with van der Waals surface area (Å²) in [5.41, 5.74) is 0.503. The molecule has 0 fully saturated rings. The molecule has 20 heavy (non-hydrogen) atoms. The fourth-order valence-electron chi connectivity index (χ4n) is 1.73. The second-order valence-electron chi connectivity index (χ2n) is 4.92. The standard InChI is InChI=1S/C15H23NO4/c1-10(2)20-13-6-5-12(9-14(13)19-4)15(18)16-11(3)7-8-17/h5-6,9-11,17H,7-8H2,1-4H3,(H,16,18)/t11-/m1/s1. The average molecular weight is 281 g/mol. The van der Waals surface area contributed by atoms with Gasteiger partial charge >= 0.3 is 0 Å². The molecule has 5 nitrogen and oxygen atoms in total. The lowest BCUT2D eigenvalue weighted by Crippen LogP contribution is -2.33. The van der Waals surface area contributed by atoms with Crippen LogP contribution in [0.2, 0.25) is 0 Å². The first-order valence-electron chi connectivity index (χ1n) is 6.74. The van der Waals surface area contributed by atoms with Crippen LogP contribution >= 0.6 is 0 Å². The first kappa shape index (κ1) is 16.3. The van der Waals surface area contributed by atoms with Crippen molar-refractivity contribution in [1.82, 2.24) is 5.32 Å². The third-order valence-corrected chi connectivity index (χ3v) is 2.73. The van der Waals surface area contributed by atoms with Crippen LogP contribution in [-0.2, 0) is 0 Å². The molecule has 0 unspecified atom stereocenters. The Morgan fingerprint density at radius 3 is 2.55 bits per heavy atom. The van der Waals surface area contributed by atoms with E-state index in [1.165, 1.54) is 0 Å². The third-order valence-electron chi connectivity index (χ3n) is 2.73. The van der Waals surface area contributed by atoms with E-state index in [-0.39, 0.29) is 24.7 Å². The van der Waals surface area contributed by atoms with Gasteiger partial charge in [0.05, 0.1) is 13.2 Å². The third kappa shape index (κ3) is 4.74. The van der Waals surface area contributed by atoms with Gasteiger partial charge in [-0.25, -0.2) is 0 Å². The maximum atomic E-state index is 12.0. The van der Waals surface area contributed by atoms with Crippen molar-refractivity contribution in [1.29, 1.82) is 0 Å². The van der Waals surface area contributed by atoms with Crippen molar-refractivity contribution in [2.45, 2.75) is 39.3 Å². The van der Waals surface area contributed by atoms with Gasteiger partial charge in [-0.3, -0.25) is 4.79 Å². The van der Waals surface area contributed by atoms with Gasteiger partial charge in [0.1, 0.15) is 0 Å². The number of carbonyl (C=O) groups excluding carboxylic acids is 1. The second-order valence-corrected chi connectivity index (χ2v) is 4.92. The van der Waals surface area contributed by atoms with Crippen LogP contribution in [0.15, 0.2) is 18.2 Å². The number of hydrogen-bond acceptors (Lipinski definition) is 4. The molecule has 1 rings (SSSR count). The number of rotatable bonds is 7. The Labute approximate surface area is 119 Å². The molecule has 112 valence electrons. The number of hydrogen-bond donors (Lipinski definition) is 2. The second kappa shape index (κ2) is 7.75. The number of aliphatic hydroxyl groups excluding tert-OH is 1. The fraction of sp³-hybridized carbons (Fsp3) is 0.533. The highest BCUT2D eigenvalue weighted by Crippen LogP contribution is 2.28. The molecule has 0 aliphatic heterocycles. The first-order chi connectivity index (χ1) is 9.47. The summed E-state index contributed by atoms with van der Waals surface area (Å²) >= 11 is 0. The molecular formula is C15H23NO4. The number of amides is 1. The summed E-state index contributed by atoms with van der Waals surface area (Å²) in [6.45, 7) is 5.75. The molecule has 0 spiro atoms. The number of benzene rings is 1. The normalized spacial score (nSPS) is 12.1. The monoisotopic (exact) mass is 281 g/mol. The highest BCUT2D eigenvalue weighted by atomic mass is 16.5. The maximum absolute atomic E-state index is 12.0. The fourth-order valence-corrected chi connectivity index (χ4v) is 1.73. The summed E-state index contributed by atoms with van der Waals surface area (Å²) < 4.78 is 10.8. The highest BCUT2D eigenvalue weighted by Gasteiger charge is 2.13. The quantitative estimate of drug-likeness (QED) is 0.802. The lowest BCUT2D eigenvalue weighted by atomic mass is 10.1. The van der Waals surface area contributed by atoms with Crippen molar-refractivity contribution in [3.05, 3.63) is 23.8 Å². The van der Waals surface area contributed by atoms with Gasteiger partial charge in [-0.1, -0.05) is 0 Å². The number of carbonyl (C=O) groups is 1. The van der Waals surface area contributed by atoms with Crippen molar-refractivity contribution in [3.8, 4) is 11.5 Å². The van der Waals surface area contributed by atoms with E-state index in [1.54, 1.807) is 25.3 Å². The zero-order valence-corrected chi connectivity index (χ0v) is 12.5. The van der Waals surface area contributed by atoms with Crippen LogP contribution in [0.5, 0.6) is 11.5 Å². The summed E-state index contributed by atoms with van der Waals surface area (Å²) in [7, 11) is 1.54. The Morgan fingerprint density at radius 1 is 1.30 bits per heavy atom. The van der Waals surface area contributed by atoms with Crippen molar-refractivity contribution in [2.24, 2.45) is 0 Å². The maximum Gasteiger partial charge on any atom is 0.251 e. The van der Waals surface area contributed by atoms with Gasteiger partial charge in [0.25, 0.3) is 5.91 Å². The van der Waals surface area contributed by atoms with Crippen LogP contribution in [0.1, 0.15) is 37.6 Å². The van der Waals surface area contributed by atoms with Crippen LogP contribution in [0, 0.1) is 0 Å². The number of aliphatic hydroxyl groups is 1. The van der Waals surface area contributed by atoms with E-state index in [4.69, 9.17) is 14.6 Å². The minimum absolute atomic E-state index is 0.0353. The number of nitrogens with one attached hydrogen (secondary N) is 1. The van der Waals surface area contributed by atoms with Gasteiger partial charge in [0.2, 0.25) is 0 Å². The average Bonchev–Trinajstić information content (AvgIpc) is 2.38. The van der Waals surface area contributed by atoms with E-state index in [0.717, 1.165) is 0 Å². The molecule has 0 saturated heterocycles. The van der Waals surface area contributed by atoms with Crippen molar-refractivity contribution < 1.29 is 19.4 Å². The molecule has 2 N–H and O–H groups in total. The SMILES string of the molecule is COc1cc(C(=O)N[C@H](C)CCO)ccc1OC(C)C. The first-order valence-corrected chi connectivity index (χ1v) is 6.74. The number of ether oxygens (including phenoxy) is 2. The van der Waals surface area contributed by atoms with Crippen LogP contribution in [0.4, 0.5) is 0 Å². The molecule has 1 aromatic carbocycles. The predicted octanol–water partition coefficient (Wildman–Crippen LogP) is 1.98. The van der Waals surface area contributed by atoms with E-state index in [2.05, 4.69) is 5.32 Å². The zero-order valence-electron chi connectivity index (χ0n) is 12.5. The molecule has 1 aromatic rings. The van der Waals surface area contributed by atoms with Gasteiger partial charge < -0.3 is 19.9 Å². The van der Waals surface area contributed by atoms with E-state index in [9.17, 15) is 4.79 Å². The topological polar surface area (TPSA) is 67.8 Å². The van der Waals surface area contributed by atoms with Crippen molar-refractivity contribution in [3.63, 3.8) is 0 Å². The minimum Gasteiger partial charge on any atom is -0.493 e. The predicted molar refractivity (Wildman–Crippen MR) is 77.4 cm³/mol.